The van der Waals surface area contributed by atoms with E-state index in [2.05, 4.69) is 70.6 Å². The van der Waals surface area contributed by atoms with Crippen LogP contribution >= 0.6 is 15.9 Å². The summed E-state index contributed by atoms with van der Waals surface area (Å²) in [5.41, 5.74) is 5.83. The first-order valence-corrected chi connectivity index (χ1v) is 8.68. The van der Waals surface area contributed by atoms with E-state index in [1.54, 1.807) is 11.1 Å². The highest BCUT2D eigenvalue weighted by atomic mass is 79.9. The highest BCUT2D eigenvalue weighted by Gasteiger charge is 2.17. The SMILES string of the molecule is CCCNC(c1ccc(Br)cc1)c1ccc2c(c1)CCC2. The zero-order valence-corrected chi connectivity index (χ0v) is 14.1. The first-order valence-electron chi connectivity index (χ1n) is 7.88. The molecule has 2 aromatic rings. The maximum absolute atomic E-state index is 3.70. The van der Waals surface area contributed by atoms with Gasteiger partial charge in [-0.15, -0.1) is 0 Å². The van der Waals surface area contributed by atoms with Gasteiger partial charge in [0.25, 0.3) is 0 Å². The zero-order valence-electron chi connectivity index (χ0n) is 12.5. The number of hydrogen-bond donors (Lipinski definition) is 1. The predicted molar refractivity (Wildman–Crippen MR) is 92.7 cm³/mol. The van der Waals surface area contributed by atoms with Crippen molar-refractivity contribution in [2.45, 2.75) is 38.6 Å². The Morgan fingerprint density at radius 1 is 1.00 bits per heavy atom. The third kappa shape index (κ3) is 3.38. The minimum Gasteiger partial charge on any atom is -0.306 e. The lowest BCUT2D eigenvalue weighted by Gasteiger charge is -2.20. The van der Waals surface area contributed by atoms with Crippen molar-refractivity contribution in [2.24, 2.45) is 0 Å². The topological polar surface area (TPSA) is 12.0 Å². The molecule has 0 radical (unpaired) electrons. The van der Waals surface area contributed by atoms with Crippen molar-refractivity contribution in [3.63, 3.8) is 0 Å². The van der Waals surface area contributed by atoms with Gasteiger partial charge in [0.2, 0.25) is 0 Å². The van der Waals surface area contributed by atoms with Crippen LogP contribution in [0.3, 0.4) is 0 Å². The largest absolute Gasteiger partial charge is 0.306 e. The minimum absolute atomic E-state index is 0.295. The maximum atomic E-state index is 3.70. The predicted octanol–water partition coefficient (Wildman–Crippen LogP) is 5.03. The average Bonchev–Trinajstić information content (AvgIpc) is 2.97. The quantitative estimate of drug-likeness (QED) is 0.802. The fraction of sp³-hybridized carbons (Fsp3) is 0.368. The van der Waals surface area contributed by atoms with Crippen molar-refractivity contribution in [1.29, 1.82) is 0 Å². The fourth-order valence-electron chi connectivity index (χ4n) is 3.14. The van der Waals surface area contributed by atoms with Crippen molar-refractivity contribution < 1.29 is 0 Å². The van der Waals surface area contributed by atoms with Crippen LogP contribution in [0.4, 0.5) is 0 Å². The van der Waals surface area contributed by atoms with Crippen LogP contribution in [-0.4, -0.2) is 6.54 Å². The lowest BCUT2D eigenvalue weighted by Crippen LogP contribution is -2.23. The molecule has 0 saturated heterocycles. The molecule has 0 spiro atoms. The summed E-state index contributed by atoms with van der Waals surface area (Å²) in [6.07, 6.45) is 4.95. The van der Waals surface area contributed by atoms with Gasteiger partial charge >= 0.3 is 0 Å². The number of aryl methyl sites for hydroxylation is 2. The molecule has 21 heavy (non-hydrogen) atoms. The van der Waals surface area contributed by atoms with Gasteiger partial charge in [-0.3, -0.25) is 0 Å². The molecule has 1 atom stereocenters. The maximum Gasteiger partial charge on any atom is 0.0576 e. The van der Waals surface area contributed by atoms with E-state index in [0.29, 0.717) is 6.04 Å². The molecular weight excluding hydrogens is 322 g/mol. The van der Waals surface area contributed by atoms with E-state index in [-0.39, 0.29) is 0 Å². The average molecular weight is 344 g/mol. The Kier molecular flexibility index (Phi) is 4.77. The Hall–Kier alpha value is -1.12. The van der Waals surface area contributed by atoms with E-state index in [1.165, 1.54) is 30.4 Å². The number of nitrogens with one attached hydrogen (secondary N) is 1. The summed E-state index contributed by atoms with van der Waals surface area (Å²) >= 11 is 3.52. The molecule has 3 rings (SSSR count). The van der Waals surface area contributed by atoms with Crippen LogP contribution in [0.2, 0.25) is 0 Å². The van der Waals surface area contributed by atoms with Gasteiger partial charge in [0.15, 0.2) is 0 Å². The van der Waals surface area contributed by atoms with Gasteiger partial charge in [0.05, 0.1) is 6.04 Å². The molecule has 0 saturated carbocycles. The molecule has 0 heterocycles. The molecular formula is C19H22BrN. The summed E-state index contributed by atoms with van der Waals surface area (Å²) in [6, 6.07) is 16.0. The van der Waals surface area contributed by atoms with Crippen LogP contribution in [-0.2, 0) is 12.8 Å². The summed E-state index contributed by atoms with van der Waals surface area (Å²) < 4.78 is 1.13. The molecule has 1 unspecified atom stereocenters. The lowest BCUT2D eigenvalue weighted by atomic mass is 9.95. The third-order valence-electron chi connectivity index (χ3n) is 4.26. The van der Waals surface area contributed by atoms with E-state index < -0.39 is 0 Å². The van der Waals surface area contributed by atoms with Gasteiger partial charge in [-0.1, -0.05) is 53.2 Å². The highest BCUT2D eigenvalue weighted by molar-refractivity contribution is 9.10. The summed E-state index contributed by atoms with van der Waals surface area (Å²) in [4.78, 5) is 0. The first kappa shape index (κ1) is 14.8. The monoisotopic (exact) mass is 343 g/mol. The molecule has 0 fully saturated rings. The lowest BCUT2D eigenvalue weighted by molar-refractivity contribution is 0.598. The van der Waals surface area contributed by atoms with Crippen molar-refractivity contribution in [3.8, 4) is 0 Å². The Bertz CT molecular complexity index is 603. The van der Waals surface area contributed by atoms with Crippen LogP contribution in [0.15, 0.2) is 46.9 Å². The Morgan fingerprint density at radius 2 is 1.71 bits per heavy atom. The van der Waals surface area contributed by atoms with Gasteiger partial charge in [-0.05, 0) is 66.6 Å². The second-order valence-electron chi connectivity index (χ2n) is 5.82. The summed E-state index contributed by atoms with van der Waals surface area (Å²) in [6.45, 7) is 3.26. The molecule has 0 amide bonds. The molecule has 1 nitrogen and oxygen atoms in total. The second-order valence-corrected chi connectivity index (χ2v) is 6.74. The Morgan fingerprint density at radius 3 is 2.48 bits per heavy atom. The normalized spacial score (nSPS) is 15.0. The second kappa shape index (κ2) is 6.76. The summed E-state index contributed by atoms with van der Waals surface area (Å²) in [5, 5.41) is 3.70. The number of fused-ring (bicyclic) bond motifs is 1. The molecule has 1 aliphatic carbocycles. The third-order valence-corrected chi connectivity index (χ3v) is 4.79. The van der Waals surface area contributed by atoms with Gasteiger partial charge in [0.1, 0.15) is 0 Å². The molecule has 0 bridgehead atoms. The molecule has 2 aromatic carbocycles. The number of benzene rings is 2. The van der Waals surface area contributed by atoms with Crippen LogP contribution < -0.4 is 5.32 Å². The molecule has 1 N–H and O–H groups in total. The minimum atomic E-state index is 0.295. The van der Waals surface area contributed by atoms with E-state index in [9.17, 15) is 0 Å². The van der Waals surface area contributed by atoms with Gasteiger partial charge < -0.3 is 5.32 Å². The molecule has 1 aliphatic rings. The smallest absolute Gasteiger partial charge is 0.0576 e. The molecule has 0 aliphatic heterocycles. The van der Waals surface area contributed by atoms with Gasteiger partial charge in [-0.25, -0.2) is 0 Å². The van der Waals surface area contributed by atoms with Crippen molar-refractivity contribution in [2.75, 3.05) is 6.54 Å². The Labute approximate surface area is 135 Å². The van der Waals surface area contributed by atoms with E-state index >= 15 is 0 Å². The first-order chi connectivity index (χ1) is 10.3. The number of rotatable bonds is 5. The van der Waals surface area contributed by atoms with E-state index in [0.717, 1.165) is 17.4 Å². The number of halogens is 1. The summed E-state index contributed by atoms with van der Waals surface area (Å²) in [5.74, 6) is 0. The molecule has 110 valence electrons. The molecule has 2 heteroatoms. The zero-order chi connectivity index (χ0) is 14.7. The standard InChI is InChI=1S/C19H22BrN/c1-2-12-21-19(15-8-10-18(20)11-9-15)17-7-6-14-4-3-5-16(14)13-17/h6-11,13,19,21H,2-5,12H2,1H3. The fourth-order valence-corrected chi connectivity index (χ4v) is 3.41. The van der Waals surface area contributed by atoms with E-state index in [1.807, 2.05) is 0 Å². The Balaban J connectivity index is 1.93. The van der Waals surface area contributed by atoms with Crippen molar-refractivity contribution in [1.82, 2.24) is 5.32 Å². The molecule has 0 aromatic heterocycles. The van der Waals surface area contributed by atoms with Gasteiger partial charge in [0, 0.05) is 4.47 Å². The number of hydrogen-bond acceptors (Lipinski definition) is 1. The van der Waals surface area contributed by atoms with Crippen LogP contribution in [0, 0.1) is 0 Å². The van der Waals surface area contributed by atoms with Crippen molar-refractivity contribution in [3.05, 3.63) is 69.2 Å². The van der Waals surface area contributed by atoms with Crippen LogP contribution in [0.1, 0.15) is 48.1 Å². The van der Waals surface area contributed by atoms with Crippen LogP contribution in [0.5, 0.6) is 0 Å². The highest BCUT2D eigenvalue weighted by Crippen LogP contribution is 2.29. The van der Waals surface area contributed by atoms with Gasteiger partial charge in [-0.2, -0.15) is 0 Å². The van der Waals surface area contributed by atoms with Crippen molar-refractivity contribution >= 4 is 15.9 Å². The van der Waals surface area contributed by atoms with Crippen LogP contribution in [0.25, 0.3) is 0 Å². The summed E-state index contributed by atoms with van der Waals surface area (Å²) in [7, 11) is 0. The van der Waals surface area contributed by atoms with E-state index in [4.69, 9.17) is 0 Å².